The summed E-state index contributed by atoms with van der Waals surface area (Å²) in [5.74, 6) is -1.66. The normalized spacial score (nSPS) is 10.1. The predicted octanol–water partition coefficient (Wildman–Crippen LogP) is -0.187. The van der Waals surface area contributed by atoms with Crippen LogP contribution < -0.4 is 5.63 Å². The Balaban J connectivity index is 2.83. The molecule has 0 aliphatic carbocycles. The first kappa shape index (κ1) is 13.9. The van der Waals surface area contributed by atoms with Crippen LogP contribution in [-0.2, 0) is 9.53 Å². The zero-order valence-corrected chi connectivity index (χ0v) is 9.79. The number of carboxylic acids is 1. The number of amides is 1. The number of hydrogen-bond acceptors (Lipinski definition) is 5. The van der Waals surface area contributed by atoms with Crippen LogP contribution in [0, 0.1) is 0 Å². The highest BCUT2D eigenvalue weighted by Gasteiger charge is 2.18. The molecule has 1 amide bonds. The Hall–Kier alpha value is -2.15. The van der Waals surface area contributed by atoms with E-state index in [0.717, 1.165) is 17.2 Å². The fourth-order valence-electron chi connectivity index (χ4n) is 1.28. The molecule has 0 bridgehead atoms. The molecule has 1 N–H and O–H groups in total. The largest absolute Gasteiger partial charge is 0.480 e. The number of aliphatic carboxylic acids is 1. The molecular weight excluding hydrogens is 242 g/mol. The van der Waals surface area contributed by atoms with Crippen LogP contribution in [0.3, 0.4) is 0 Å². The highest BCUT2D eigenvalue weighted by atomic mass is 16.5. The van der Waals surface area contributed by atoms with Gasteiger partial charge in [-0.1, -0.05) is 0 Å². The van der Waals surface area contributed by atoms with Gasteiger partial charge in [-0.05, 0) is 6.07 Å². The third-order valence-corrected chi connectivity index (χ3v) is 2.13. The lowest BCUT2D eigenvalue weighted by atomic mass is 10.2. The van der Waals surface area contributed by atoms with E-state index < -0.39 is 24.0 Å². The van der Waals surface area contributed by atoms with Crippen molar-refractivity contribution in [3.63, 3.8) is 0 Å². The Kier molecular flexibility index (Phi) is 5.06. The summed E-state index contributed by atoms with van der Waals surface area (Å²) in [6.45, 7) is -0.0854. The second-order valence-corrected chi connectivity index (χ2v) is 3.46. The van der Waals surface area contributed by atoms with Gasteiger partial charge in [0.1, 0.15) is 12.8 Å². The average Bonchev–Trinajstić information content (AvgIpc) is 2.34. The lowest BCUT2D eigenvalue weighted by Gasteiger charge is -2.19. The van der Waals surface area contributed by atoms with Crippen molar-refractivity contribution in [2.75, 3.05) is 26.8 Å². The number of carbonyl (C=O) groups excluding carboxylic acids is 1. The second-order valence-electron chi connectivity index (χ2n) is 3.46. The molecule has 1 aromatic heterocycles. The Morgan fingerprint density at radius 1 is 1.44 bits per heavy atom. The summed E-state index contributed by atoms with van der Waals surface area (Å²) in [6, 6.07) is 2.39. The molecule has 0 saturated heterocycles. The zero-order valence-electron chi connectivity index (χ0n) is 9.79. The van der Waals surface area contributed by atoms with Crippen LogP contribution in [0.25, 0.3) is 0 Å². The van der Waals surface area contributed by atoms with E-state index in [-0.39, 0.29) is 18.7 Å². The summed E-state index contributed by atoms with van der Waals surface area (Å²) in [5, 5.41) is 8.71. The maximum atomic E-state index is 11.9. The van der Waals surface area contributed by atoms with Gasteiger partial charge in [0.15, 0.2) is 0 Å². The van der Waals surface area contributed by atoms with Gasteiger partial charge >= 0.3 is 11.6 Å². The van der Waals surface area contributed by atoms with E-state index in [4.69, 9.17) is 9.84 Å². The number of hydrogen-bond donors (Lipinski definition) is 1. The quantitative estimate of drug-likeness (QED) is 0.756. The van der Waals surface area contributed by atoms with Crippen LogP contribution >= 0.6 is 0 Å². The summed E-state index contributed by atoms with van der Waals surface area (Å²) in [4.78, 5) is 34.5. The smallest absolute Gasteiger partial charge is 0.335 e. The summed E-state index contributed by atoms with van der Waals surface area (Å²) in [6.07, 6.45) is 1.01. The van der Waals surface area contributed by atoms with E-state index in [2.05, 4.69) is 4.42 Å². The molecular formula is C11H13NO6. The molecule has 0 saturated carbocycles. The first-order chi connectivity index (χ1) is 8.54. The van der Waals surface area contributed by atoms with Crippen molar-refractivity contribution in [1.29, 1.82) is 0 Å². The van der Waals surface area contributed by atoms with Crippen LogP contribution in [0.5, 0.6) is 0 Å². The molecule has 0 radical (unpaired) electrons. The molecule has 0 fully saturated rings. The van der Waals surface area contributed by atoms with E-state index in [0.29, 0.717) is 0 Å². The van der Waals surface area contributed by atoms with E-state index in [1.807, 2.05) is 0 Å². The molecule has 0 unspecified atom stereocenters. The predicted molar refractivity (Wildman–Crippen MR) is 60.4 cm³/mol. The molecule has 1 heterocycles. The minimum atomic E-state index is -1.13. The Morgan fingerprint density at radius 2 is 2.17 bits per heavy atom. The highest BCUT2D eigenvalue weighted by molar-refractivity contribution is 5.95. The molecule has 1 rings (SSSR count). The maximum Gasteiger partial charge on any atom is 0.335 e. The van der Waals surface area contributed by atoms with Gasteiger partial charge in [0.05, 0.1) is 12.2 Å². The SMILES string of the molecule is COCCN(CC(=O)O)C(=O)c1ccc(=O)oc1. The van der Waals surface area contributed by atoms with Crippen LogP contribution in [0.4, 0.5) is 0 Å². The van der Waals surface area contributed by atoms with Crippen molar-refractivity contribution in [1.82, 2.24) is 4.90 Å². The Morgan fingerprint density at radius 3 is 2.67 bits per heavy atom. The zero-order chi connectivity index (χ0) is 13.5. The average molecular weight is 255 g/mol. The molecule has 7 nitrogen and oxygen atoms in total. The van der Waals surface area contributed by atoms with Gasteiger partial charge in [-0.25, -0.2) is 4.79 Å². The van der Waals surface area contributed by atoms with E-state index in [1.165, 1.54) is 13.2 Å². The van der Waals surface area contributed by atoms with Crippen molar-refractivity contribution < 1.29 is 23.8 Å². The monoisotopic (exact) mass is 255 g/mol. The van der Waals surface area contributed by atoms with Crippen LogP contribution in [0.15, 0.2) is 27.6 Å². The third kappa shape index (κ3) is 4.02. The lowest BCUT2D eigenvalue weighted by Crippen LogP contribution is -2.38. The first-order valence-electron chi connectivity index (χ1n) is 5.13. The van der Waals surface area contributed by atoms with Crippen molar-refractivity contribution in [3.05, 3.63) is 34.4 Å². The number of nitrogens with zero attached hydrogens (tertiary/aromatic N) is 1. The van der Waals surface area contributed by atoms with Crippen molar-refractivity contribution >= 4 is 11.9 Å². The van der Waals surface area contributed by atoms with Gasteiger partial charge in [0.2, 0.25) is 0 Å². The third-order valence-electron chi connectivity index (χ3n) is 2.13. The van der Waals surface area contributed by atoms with E-state index in [9.17, 15) is 14.4 Å². The summed E-state index contributed by atoms with van der Waals surface area (Å²) in [7, 11) is 1.45. The van der Waals surface area contributed by atoms with Crippen molar-refractivity contribution in [2.24, 2.45) is 0 Å². The van der Waals surface area contributed by atoms with Gasteiger partial charge in [0.25, 0.3) is 5.91 Å². The molecule has 0 atom stereocenters. The minimum Gasteiger partial charge on any atom is -0.480 e. The maximum absolute atomic E-state index is 11.9. The topological polar surface area (TPSA) is 97.0 Å². The molecule has 1 aromatic rings. The van der Waals surface area contributed by atoms with Crippen LogP contribution in [0.1, 0.15) is 10.4 Å². The van der Waals surface area contributed by atoms with Gasteiger partial charge in [-0.15, -0.1) is 0 Å². The number of rotatable bonds is 6. The highest BCUT2D eigenvalue weighted by Crippen LogP contribution is 2.03. The summed E-state index contributed by atoms with van der Waals surface area (Å²) < 4.78 is 9.36. The standard InChI is InChI=1S/C11H13NO6/c1-17-5-4-12(6-9(13)14)11(16)8-2-3-10(15)18-7-8/h2-3,7H,4-6H2,1H3,(H,13,14). The van der Waals surface area contributed by atoms with Gasteiger partial charge in [-0.2, -0.15) is 0 Å². The molecule has 7 heteroatoms. The van der Waals surface area contributed by atoms with Gasteiger partial charge in [0, 0.05) is 19.7 Å². The fraction of sp³-hybridized carbons (Fsp3) is 0.364. The summed E-state index contributed by atoms with van der Waals surface area (Å²) >= 11 is 0. The second kappa shape index (κ2) is 6.55. The van der Waals surface area contributed by atoms with Crippen LogP contribution in [-0.4, -0.2) is 48.7 Å². The molecule has 18 heavy (non-hydrogen) atoms. The Bertz CT molecular complexity index is 460. The van der Waals surface area contributed by atoms with E-state index in [1.54, 1.807) is 0 Å². The van der Waals surface area contributed by atoms with Gasteiger partial charge < -0.3 is 19.2 Å². The number of carboxylic acid groups (broad SMARTS) is 1. The molecule has 0 aliphatic heterocycles. The first-order valence-corrected chi connectivity index (χ1v) is 5.13. The minimum absolute atomic E-state index is 0.118. The summed E-state index contributed by atoms with van der Waals surface area (Å²) in [5.41, 5.74) is -0.458. The molecule has 0 spiro atoms. The number of methoxy groups -OCH3 is 1. The van der Waals surface area contributed by atoms with E-state index >= 15 is 0 Å². The number of carbonyl (C=O) groups is 2. The number of ether oxygens (including phenoxy) is 1. The van der Waals surface area contributed by atoms with Crippen molar-refractivity contribution in [3.8, 4) is 0 Å². The Labute approximate surface area is 103 Å². The van der Waals surface area contributed by atoms with Crippen molar-refractivity contribution in [2.45, 2.75) is 0 Å². The van der Waals surface area contributed by atoms with Gasteiger partial charge in [-0.3, -0.25) is 9.59 Å². The van der Waals surface area contributed by atoms with Crippen LogP contribution in [0.2, 0.25) is 0 Å². The fourth-order valence-corrected chi connectivity index (χ4v) is 1.28. The molecule has 0 aromatic carbocycles. The molecule has 98 valence electrons. The lowest BCUT2D eigenvalue weighted by molar-refractivity contribution is -0.137. The molecule has 0 aliphatic rings.